The van der Waals surface area contributed by atoms with Gasteiger partial charge in [0.05, 0.1) is 0 Å². The van der Waals surface area contributed by atoms with Crippen LogP contribution in [0.3, 0.4) is 0 Å². The molecular weight excluding hydrogens is 282 g/mol. The molecule has 0 aromatic rings. The van der Waals surface area contributed by atoms with Crippen molar-refractivity contribution in [3.8, 4) is 0 Å². The summed E-state index contributed by atoms with van der Waals surface area (Å²) in [7, 11) is 1.85. The van der Waals surface area contributed by atoms with Gasteiger partial charge in [0.1, 0.15) is 11.1 Å². The van der Waals surface area contributed by atoms with Gasteiger partial charge in [0.25, 0.3) is 0 Å². The molecule has 0 radical (unpaired) electrons. The molecule has 2 aliphatic heterocycles. The number of carbonyl (C=O) groups is 2. The fourth-order valence-corrected chi connectivity index (χ4v) is 3.52. The minimum Gasteiger partial charge on any atom is -0.444 e. The normalized spacial score (nSPS) is 28.9. The zero-order chi connectivity index (χ0) is 16.8. The first kappa shape index (κ1) is 17.1. The summed E-state index contributed by atoms with van der Waals surface area (Å²) in [6.07, 6.45) is 0.922. The highest BCUT2D eigenvalue weighted by molar-refractivity contribution is 5.87. The summed E-state index contributed by atoms with van der Waals surface area (Å²) in [5.41, 5.74) is -1.49. The number of likely N-dealkylation sites (N-methyl/N-ethyl adjacent to an activating group) is 1. The Bertz CT molecular complexity index is 470. The Morgan fingerprint density at radius 3 is 2.45 bits per heavy atom. The summed E-state index contributed by atoms with van der Waals surface area (Å²) in [6.45, 7) is 11.7. The predicted octanol–water partition coefficient (Wildman–Crippen LogP) is 1.60. The highest BCUT2D eigenvalue weighted by Gasteiger charge is 2.52. The summed E-state index contributed by atoms with van der Waals surface area (Å²) in [5.74, 6) is 0.135. The zero-order valence-corrected chi connectivity index (χ0v) is 14.7. The minimum absolute atomic E-state index is 0.135. The van der Waals surface area contributed by atoms with Crippen molar-refractivity contribution in [2.24, 2.45) is 0 Å². The third-order valence-corrected chi connectivity index (χ3v) is 4.51. The van der Waals surface area contributed by atoms with E-state index in [0.29, 0.717) is 19.4 Å². The first-order valence-electron chi connectivity index (χ1n) is 7.98. The van der Waals surface area contributed by atoms with E-state index < -0.39 is 16.7 Å². The first-order valence-corrected chi connectivity index (χ1v) is 7.98. The molecule has 2 amide bonds. The standard InChI is InChI=1S/C16H29N3O3/c1-14(2,3)22-13(21)19-9-7-16(11-15(19,4)5)12(20)18(6)10-8-17-16/h17H,7-11H2,1-6H3. The van der Waals surface area contributed by atoms with Gasteiger partial charge in [-0.2, -0.15) is 0 Å². The van der Waals surface area contributed by atoms with Crippen LogP contribution in [0.5, 0.6) is 0 Å². The summed E-state index contributed by atoms with van der Waals surface area (Å²) >= 11 is 0. The number of ether oxygens (including phenoxy) is 1. The van der Waals surface area contributed by atoms with E-state index >= 15 is 0 Å². The molecule has 0 aromatic heterocycles. The van der Waals surface area contributed by atoms with Crippen molar-refractivity contribution < 1.29 is 14.3 Å². The van der Waals surface area contributed by atoms with E-state index in [1.54, 1.807) is 9.80 Å². The molecule has 1 spiro atoms. The molecule has 2 heterocycles. The van der Waals surface area contributed by atoms with Gasteiger partial charge in [-0.3, -0.25) is 4.79 Å². The lowest BCUT2D eigenvalue weighted by atomic mass is 9.75. The van der Waals surface area contributed by atoms with Crippen molar-refractivity contribution >= 4 is 12.0 Å². The van der Waals surface area contributed by atoms with Crippen molar-refractivity contribution in [1.29, 1.82) is 0 Å². The lowest BCUT2D eigenvalue weighted by Crippen LogP contribution is -2.71. The smallest absolute Gasteiger partial charge is 0.410 e. The fourth-order valence-electron chi connectivity index (χ4n) is 3.52. The van der Waals surface area contributed by atoms with Gasteiger partial charge in [-0.15, -0.1) is 0 Å². The Hall–Kier alpha value is -1.30. The Kier molecular flexibility index (Phi) is 4.19. The number of carbonyl (C=O) groups excluding carboxylic acids is 2. The number of piperidine rings is 1. The van der Waals surface area contributed by atoms with Crippen LogP contribution in [0.1, 0.15) is 47.5 Å². The van der Waals surface area contributed by atoms with Gasteiger partial charge in [0.15, 0.2) is 0 Å². The number of nitrogens with one attached hydrogen (secondary N) is 1. The van der Waals surface area contributed by atoms with E-state index in [0.717, 1.165) is 13.1 Å². The molecule has 2 fully saturated rings. The number of amides is 2. The Morgan fingerprint density at radius 2 is 1.91 bits per heavy atom. The number of hydrogen-bond donors (Lipinski definition) is 1. The molecular formula is C16H29N3O3. The van der Waals surface area contributed by atoms with Gasteiger partial charge in [0.2, 0.25) is 5.91 Å². The van der Waals surface area contributed by atoms with Crippen LogP contribution in [0.4, 0.5) is 4.79 Å². The summed E-state index contributed by atoms with van der Waals surface area (Å²) in [4.78, 5) is 28.6. The number of piperazine rings is 1. The molecule has 6 heteroatoms. The van der Waals surface area contributed by atoms with Crippen molar-refractivity contribution in [1.82, 2.24) is 15.1 Å². The minimum atomic E-state index is -0.547. The van der Waals surface area contributed by atoms with E-state index in [1.807, 2.05) is 41.7 Å². The maximum atomic E-state index is 12.6. The molecule has 126 valence electrons. The van der Waals surface area contributed by atoms with E-state index in [1.165, 1.54) is 0 Å². The molecule has 2 saturated heterocycles. The van der Waals surface area contributed by atoms with Gasteiger partial charge in [-0.05, 0) is 47.5 Å². The molecule has 2 aliphatic rings. The summed E-state index contributed by atoms with van der Waals surface area (Å²) in [5, 5.41) is 3.41. The van der Waals surface area contributed by atoms with Gasteiger partial charge >= 0.3 is 6.09 Å². The summed E-state index contributed by atoms with van der Waals surface area (Å²) in [6, 6.07) is 0. The van der Waals surface area contributed by atoms with Crippen molar-refractivity contribution in [3.05, 3.63) is 0 Å². The second kappa shape index (κ2) is 5.41. The van der Waals surface area contributed by atoms with Crippen LogP contribution in [-0.4, -0.2) is 65.2 Å². The highest BCUT2D eigenvalue weighted by atomic mass is 16.6. The molecule has 6 nitrogen and oxygen atoms in total. The highest BCUT2D eigenvalue weighted by Crippen LogP contribution is 2.37. The average molecular weight is 311 g/mol. The quantitative estimate of drug-likeness (QED) is 0.738. The van der Waals surface area contributed by atoms with Crippen LogP contribution in [0.25, 0.3) is 0 Å². The van der Waals surface area contributed by atoms with Crippen LogP contribution in [0.2, 0.25) is 0 Å². The number of nitrogens with zero attached hydrogens (tertiary/aromatic N) is 2. The van der Waals surface area contributed by atoms with Crippen molar-refractivity contribution in [2.45, 2.75) is 64.1 Å². The van der Waals surface area contributed by atoms with Crippen LogP contribution < -0.4 is 5.32 Å². The molecule has 0 aliphatic carbocycles. The topological polar surface area (TPSA) is 61.9 Å². The Balaban J connectivity index is 2.16. The largest absolute Gasteiger partial charge is 0.444 e. The molecule has 22 heavy (non-hydrogen) atoms. The SMILES string of the molecule is CN1CCNC2(CCN(C(=O)OC(C)(C)C)C(C)(C)C2)C1=O. The second-order valence-electron chi connectivity index (χ2n) is 8.11. The third-order valence-electron chi connectivity index (χ3n) is 4.51. The number of likely N-dealkylation sites (tertiary alicyclic amines) is 1. The average Bonchev–Trinajstić information content (AvgIpc) is 2.32. The molecule has 2 rings (SSSR count). The van der Waals surface area contributed by atoms with Crippen LogP contribution in [-0.2, 0) is 9.53 Å². The second-order valence-corrected chi connectivity index (χ2v) is 8.11. The van der Waals surface area contributed by atoms with E-state index in [2.05, 4.69) is 5.32 Å². The monoisotopic (exact) mass is 311 g/mol. The summed E-state index contributed by atoms with van der Waals surface area (Å²) < 4.78 is 5.51. The Morgan fingerprint density at radius 1 is 1.27 bits per heavy atom. The van der Waals surface area contributed by atoms with E-state index in [4.69, 9.17) is 4.74 Å². The lowest BCUT2D eigenvalue weighted by molar-refractivity contribution is -0.145. The third kappa shape index (κ3) is 3.21. The van der Waals surface area contributed by atoms with Crippen molar-refractivity contribution in [3.63, 3.8) is 0 Å². The first-order chi connectivity index (χ1) is 9.97. The van der Waals surface area contributed by atoms with Gasteiger partial charge < -0.3 is 19.9 Å². The molecule has 0 saturated carbocycles. The van der Waals surface area contributed by atoms with Gasteiger partial charge in [-0.1, -0.05) is 0 Å². The van der Waals surface area contributed by atoms with Crippen LogP contribution in [0, 0.1) is 0 Å². The van der Waals surface area contributed by atoms with Crippen molar-refractivity contribution in [2.75, 3.05) is 26.7 Å². The van der Waals surface area contributed by atoms with Gasteiger partial charge in [-0.25, -0.2) is 4.79 Å². The number of hydrogen-bond acceptors (Lipinski definition) is 4. The van der Waals surface area contributed by atoms with E-state index in [9.17, 15) is 9.59 Å². The van der Waals surface area contributed by atoms with E-state index in [-0.39, 0.29) is 12.0 Å². The molecule has 1 atom stereocenters. The van der Waals surface area contributed by atoms with Crippen LogP contribution in [0.15, 0.2) is 0 Å². The maximum Gasteiger partial charge on any atom is 0.410 e. The molecule has 0 bridgehead atoms. The predicted molar refractivity (Wildman–Crippen MR) is 84.6 cm³/mol. The maximum absolute atomic E-state index is 12.6. The number of rotatable bonds is 0. The zero-order valence-electron chi connectivity index (χ0n) is 14.7. The molecule has 1 N–H and O–H groups in total. The lowest BCUT2D eigenvalue weighted by Gasteiger charge is -2.53. The van der Waals surface area contributed by atoms with Gasteiger partial charge in [0, 0.05) is 32.2 Å². The fraction of sp³-hybridized carbons (Fsp3) is 0.875. The van der Waals surface area contributed by atoms with Crippen LogP contribution >= 0.6 is 0 Å². The Labute approximate surface area is 133 Å². The molecule has 1 unspecified atom stereocenters. The molecule has 0 aromatic carbocycles.